The second kappa shape index (κ2) is 60.1. The summed E-state index contributed by atoms with van der Waals surface area (Å²) in [4.78, 5) is 38.0. The maximum atomic E-state index is 12.8. The molecule has 0 aromatic heterocycles. The number of carbonyl (C=O) groups is 3. The van der Waals surface area contributed by atoms with Crippen molar-refractivity contribution < 1.29 is 28.6 Å². The fourth-order valence-electron chi connectivity index (χ4n) is 8.56. The number of allylic oxidation sites excluding steroid dienone is 14. The number of rotatable bonds is 55. The van der Waals surface area contributed by atoms with Gasteiger partial charge in [-0.2, -0.15) is 0 Å². The smallest absolute Gasteiger partial charge is 0.306 e. The van der Waals surface area contributed by atoms with Gasteiger partial charge in [-0.3, -0.25) is 14.4 Å². The van der Waals surface area contributed by atoms with Gasteiger partial charge < -0.3 is 14.2 Å². The normalized spacial score (nSPS) is 12.7. The second-order valence-corrected chi connectivity index (χ2v) is 20.2. The van der Waals surface area contributed by atoms with E-state index in [1.165, 1.54) is 148 Å². The van der Waals surface area contributed by atoms with Crippen LogP contribution in [0.15, 0.2) is 85.1 Å². The molecule has 414 valence electrons. The lowest BCUT2D eigenvalue weighted by atomic mass is 10.0. The highest BCUT2D eigenvalue weighted by Crippen LogP contribution is 2.16. The molecule has 0 fully saturated rings. The highest BCUT2D eigenvalue weighted by molar-refractivity contribution is 5.71. The van der Waals surface area contributed by atoms with E-state index in [1.807, 2.05) is 0 Å². The van der Waals surface area contributed by atoms with Crippen molar-refractivity contribution in [1.82, 2.24) is 0 Å². The van der Waals surface area contributed by atoms with E-state index in [0.29, 0.717) is 19.3 Å². The first-order chi connectivity index (χ1) is 35.5. The molecule has 0 saturated heterocycles. The zero-order valence-electron chi connectivity index (χ0n) is 47.4. The Morgan fingerprint density at radius 1 is 0.292 bits per heavy atom. The molecule has 6 nitrogen and oxygen atoms in total. The maximum Gasteiger partial charge on any atom is 0.306 e. The highest BCUT2D eigenvalue weighted by atomic mass is 16.6. The summed E-state index contributed by atoms with van der Waals surface area (Å²) in [5.74, 6) is -0.884. The van der Waals surface area contributed by atoms with Crippen molar-refractivity contribution >= 4 is 17.9 Å². The summed E-state index contributed by atoms with van der Waals surface area (Å²) >= 11 is 0. The minimum absolute atomic E-state index is 0.0771. The van der Waals surface area contributed by atoms with Gasteiger partial charge in [0.25, 0.3) is 0 Å². The molecule has 0 spiro atoms. The van der Waals surface area contributed by atoms with Gasteiger partial charge in [0.05, 0.1) is 0 Å². The maximum absolute atomic E-state index is 12.8. The van der Waals surface area contributed by atoms with Crippen LogP contribution in [0, 0.1) is 0 Å². The minimum atomic E-state index is -0.777. The van der Waals surface area contributed by atoms with E-state index >= 15 is 0 Å². The van der Waals surface area contributed by atoms with Crippen LogP contribution in [0.3, 0.4) is 0 Å². The molecular formula is C66H114O6. The SMILES string of the molecule is CC/C=C\C/C=C\C/C=C\C/C=C\C/C=C\C/C=C\CCCCCCCCCCCCCCC(=O)OCC(COC(=O)CCCCCCCCCC)OC(=O)CCCCCCC/C=C\CCCCCCCC. The lowest BCUT2D eigenvalue weighted by Crippen LogP contribution is -2.30. The van der Waals surface area contributed by atoms with Gasteiger partial charge in [0.15, 0.2) is 6.10 Å². The van der Waals surface area contributed by atoms with Crippen molar-refractivity contribution in [3.05, 3.63) is 85.1 Å². The van der Waals surface area contributed by atoms with Crippen LogP contribution in [0.5, 0.6) is 0 Å². The lowest BCUT2D eigenvalue weighted by Gasteiger charge is -2.18. The number of hydrogen-bond donors (Lipinski definition) is 0. The van der Waals surface area contributed by atoms with Crippen LogP contribution in [0.1, 0.15) is 297 Å². The van der Waals surface area contributed by atoms with Gasteiger partial charge in [0.1, 0.15) is 13.2 Å². The molecule has 72 heavy (non-hydrogen) atoms. The molecule has 0 aliphatic heterocycles. The van der Waals surface area contributed by atoms with Crippen LogP contribution in [-0.2, 0) is 28.6 Å². The van der Waals surface area contributed by atoms with Crippen molar-refractivity contribution in [3.8, 4) is 0 Å². The van der Waals surface area contributed by atoms with Crippen molar-refractivity contribution in [2.24, 2.45) is 0 Å². The Kier molecular flexibility index (Phi) is 57.3. The van der Waals surface area contributed by atoms with Gasteiger partial charge in [-0.15, -0.1) is 0 Å². The monoisotopic (exact) mass is 1000 g/mol. The summed E-state index contributed by atoms with van der Waals surface area (Å²) in [6.07, 6.45) is 78.9. The van der Waals surface area contributed by atoms with E-state index in [9.17, 15) is 14.4 Å². The number of ether oxygens (including phenoxy) is 3. The quantitative estimate of drug-likeness (QED) is 0.0261. The van der Waals surface area contributed by atoms with Crippen LogP contribution in [-0.4, -0.2) is 37.2 Å². The van der Waals surface area contributed by atoms with E-state index in [-0.39, 0.29) is 31.1 Å². The molecular weight excluding hydrogens is 889 g/mol. The minimum Gasteiger partial charge on any atom is -0.462 e. The summed E-state index contributed by atoms with van der Waals surface area (Å²) < 4.78 is 16.8. The predicted octanol–water partition coefficient (Wildman–Crippen LogP) is 20.7. The summed E-state index contributed by atoms with van der Waals surface area (Å²) in [5, 5.41) is 0. The lowest BCUT2D eigenvalue weighted by molar-refractivity contribution is -0.167. The number of esters is 3. The molecule has 1 unspecified atom stereocenters. The van der Waals surface area contributed by atoms with E-state index in [0.717, 1.165) is 109 Å². The average molecular weight is 1000 g/mol. The fourth-order valence-corrected chi connectivity index (χ4v) is 8.56. The zero-order chi connectivity index (χ0) is 52.2. The van der Waals surface area contributed by atoms with E-state index in [1.54, 1.807) is 0 Å². The van der Waals surface area contributed by atoms with Gasteiger partial charge in [0.2, 0.25) is 0 Å². The predicted molar refractivity (Wildman–Crippen MR) is 311 cm³/mol. The van der Waals surface area contributed by atoms with Gasteiger partial charge >= 0.3 is 17.9 Å². The molecule has 0 aromatic carbocycles. The summed E-state index contributed by atoms with van der Waals surface area (Å²) in [6, 6.07) is 0. The van der Waals surface area contributed by atoms with E-state index < -0.39 is 6.10 Å². The Balaban J connectivity index is 4.12. The molecule has 0 saturated carbocycles. The summed E-state index contributed by atoms with van der Waals surface area (Å²) in [6.45, 7) is 6.50. The van der Waals surface area contributed by atoms with Gasteiger partial charge in [0, 0.05) is 19.3 Å². The zero-order valence-corrected chi connectivity index (χ0v) is 47.4. The molecule has 0 aliphatic carbocycles. The molecule has 0 amide bonds. The number of hydrogen-bond acceptors (Lipinski definition) is 6. The fraction of sp³-hybridized carbons (Fsp3) is 0.742. The first-order valence-electron chi connectivity index (χ1n) is 30.6. The molecule has 0 radical (unpaired) electrons. The molecule has 0 bridgehead atoms. The molecule has 0 aromatic rings. The number of carbonyl (C=O) groups excluding carboxylic acids is 3. The van der Waals surface area contributed by atoms with Gasteiger partial charge in [-0.05, 0) is 96.3 Å². The molecule has 6 heteroatoms. The molecule has 1 atom stereocenters. The topological polar surface area (TPSA) is 78.9 Å². The Hall–Kier alpha value is -3.41. The molecule has 0 aliphatic rings. The molecule has 0 rings (SSSR count). The van der Waals surface area contributed by atoms with E-state index in [4.69, 9.17) is 14.2 Å². The third kappa shape index (κ3) is 57.5. The Morgan fingerprint density at radius 2 is 0.542 bits per heavy atom. The largest absolute Gasteiger partial charge is 0.462 e. The Morgan fingerprint density at radius 3 is 0.861 bits per heavy atom. The highest BCUT2D eigenvalue weighted by Gasteiger charge is 2.19. The van der Waals surface area contributed by atoms with Crippen LogP contribution < -0.4 is 0 Å². The van der Waals surface area contributed by atoms with Crippen LogP contribution in [0.25, 0.3) is 0 Å². The number of unbranched alkanes of at least 4 members (excludes halogenated alkanes) is 30. The van der Waals surface area contributed by atoms with Crippen molar-refractivity contribution in [3.63, 3.8) is 0 Å². The second-order valence-electron chi connectivity index (χ2n) is 20.2. The van der Waals surface area contributed by atoms with Crippen LogP contribution in [0.2, 0.25) is 0 Å². The standard InChI is InChI=1S/C66H114O6/c1-4-7-10-13-16-19-21-23-25-26-27-28-29-30-31-32-33-34-35-36-37-38-39-40-42-43-45-47-50-53-56-59-65(68)71-62-63(61-70-64(67)58-55-52-49-18-15-12-9-6-3)72-66(69)60-57-54-51-48-46-44-41-24-22-20-17-14-11-8-5-2/h7,10,16,19,23-25,27-28,30-31,33-34,41,63H,4-6,8-9,11-15,17-18,20-22,26,29,32,35-40,42-62H2,1-3H3/b10-7-,19-16-,25-23-,28-27-,31-30-,34-33-,41-24-. The van der Waals surface area contributed by atoms with Gasteiger partial charge in [-0.1, -0.05) is 266 Å². The van der Waals surface area contributed by atoms with Crippen molar-refractivity contribution in [2.75, 3.05) is 13.2 Å². The molecule has 0 heterocycles. The third-order valence-electron chi connectivity index (χ3n) is 13.1. The first kappa shape index (κ1) is 68.6. The van der Waals surface area contributed by atoms with Crippen molar-refractivity contribution in [2.45, 2.75) is 303 Å². The summed E-state index contributed by atoms with van der Waals surface area (Å²) in [7, 11) is 0. The summed E-state index contributed by atoms with van der Waals surface area (Å²) in [5.41, 5.74) is 0. The molecule has 0 N–H and O–H groups in total. The van der Waals surface area contributed by atoms with Crippen LogP contribution in [0.4, 0.5) is 0 Å². The van der Waals surface area contributed by atoms with Crippen molar-refractivity contribution in [1.29, 1.82) is 0 Å². The third-order valence-corrected chi connectivity index (χ3v) is 13.1. The van der Waals surface area contributed by atoms with Crippen LogP contribution >= 0.6 is 0 Å². The first-order valence-corrected chi connectivity index (χ1v) is 30.6. The Bertz CT molecular complexity index is 1380. The van der Waals surface area contributed by atoms with E-state index in [2.05, 4.69) is 106 Å². The van der Waals surface area contributed by atoms with Gasteiger partial charge in [-0.25, -0.2) is 0 Å². The Labute approximate surface area is 445 Å². The average Bonchev–Trinajstić information content (AvgIpc) is 3.38.